The predicted molar refractivity (Wildman–Crippen MR) is 107 cm³/mol. The van der Waals surface area contributed by atoms with Crippen LogP contribution in [0.5, 0.6) is 0 Å². The van der Waals surface area contributed by atoms with Crippen LogP contribution in [0.3, 0.4) is 0 Å². The first-order valence-electron chi connectivity index (χ1n) is 9.44. The highest BCUT2D eigenvalue weighted by Gasteiger charge is 2.30. The molecule has 0 aliphatic heterocycles. The molecule has 146 valence electrons. The molecule has 1 aliphatic rings. The summed E-state index contributed by atoms with van der Waals surface area (Å²) in [5.41, 5.74) is 1.93. The summed E-state index contributed by atoms with van der Waals surface area (Å²) in [6.07, 6.45) is 2.34. The van der Waals surface area contributed by atoms with Gasteiger partial charge in [-0.05, 0) is 42.7 Å². The Balaban J connectivity index is 1.33. The third-order valence-electron chi connectivity index (χ3n) is 4.77. The molecule has 2 aromatic carbocycles. The molecule has 5 rings (SSSR count). The number of aromatic nitrogens is 5. The van der Waals surface area contributed by atoms with Crippen molar-refractivity contribution in [1.82, 2.24) is 24.9 Å². The van der Waals surface area contributed by atoms with Crippen LogP contribution < -0.4 is 0 Å². The first-order chi connectivity index (χ1) is 14.3. The summed E-state index contributed by atoms with van der Waals surface area (Å²) in [6, 6.07) is 16.3. The van der Waals surface area contributed by atoms with E-state index in [1.807, 2.05) is 18.2 Å². The molecule has 29 heavy (non-hydrogen) atoms. The zero-order valence-electron chi connectivity index (χ0n) is 15.5. The maximum atomic E-state index is 13.1. The molecule has 2 aromatic heterocycles. The highest BCUT2D eigenvalue weighted by Crippen LogP contribution is 2.40. The summed E-state index contributed by atoms with van der Waals surface area (Å²) < 4.78 is 20.6. The average Bonchev–Trinajstić information content (AvgIpc) is 3.35. The fourth-order valence-electron chi connectivity index (χ4n) is 3.12. The summed E-state index contributed by atoms with van der Waals surface area (Å²) in [6.45, 7) is 0.743. The predicted octanol–water partition coefficient (Wildman–Crippen LogP) is 4.69. The van der Waals surface area contributed by atoms with Gasteiger partial charge in [-0.2, -0.15) is 4.98 Å². The van der Waals surface area contributed by atoms with E-state index in [9.17, 15) is 4.39 Å². The van der Waals surface area contributed by atoms with Crippen molar-refractivity contribution in [3.8, 4) is 11.4 Å². The number of halogens is 1. The number of hydrogen-bond donors (Lipinski definition) is 0. The second kappa shape index (κ2) is 7.79. The molecule has 4 aromatic rings. The largest absolute Gasteiger partial charge is 0.338 e. The zero-order valence-corrected chi connectivity index (χ0v) is 16.3. The van der Waals surface area contributed by atoms with Crippen LogP contribution in [0, 0.1) is 5.82 Å². The SMILES string of the molecule is Fc1ccc(-c2noc(CSc3nnc(C4CC4)n3Cc3ccccc3)n2)cc1. The van der Waals surface area contributed by atoms with Crippen molar-refractivity contribution in [1.29, 1.82) is 0 Å². The van der Waals surface area contributed by atoms with Gasteiger partial charge >= 0.3 is 0 Å². The molecule has 0 N–H and O–H groups in total. The Hall–Kier alpha value is -3.00. The van der Waals surface area contributed by atoms with Crippen molar-refractivity contribution < 1.29 is 8.91 Å². The average molecular weight is 407 g/mol. The van der Waals surface area contributed by atoms with Crippen LogP contribution in [0.1, 0.15) is 36.0 Å². The molecule has 0 atom stereocenters. The molecular weight excluding hydrogens is 389 g/mol. The summed E-state index contributed by atoms with van der Waals surface area (Å²) >= 11 is 1.53. The van der Waals surface area contributed by atoms with E-state index >= 15 is 0 Å². The molecule has 1 aliphatic carbocycles. The first kappa shape index (κ1) is 18.1. The van der Waals surface area contributed by atoms with E-state index < -0.39 is 0 Å². The van der Waals surface area contributed by atoms with Crippen molar-refractivity contribution in [3.05, 3.63) is 77.7 Å². The van der Waals surface area contributed by atoms with Gasteiger partial charge in [-0.3, -0.25) is 0 Å². The minimum absolute atomic E-state index is 0.294. The second-order valence-corrected chi connectivity index (χ2v) is 7.94. The van der Waals surface area contributed by atoms with Crippen molar-refractivity contribution >= 4 is 11.8 Å². The van der Waals surface area contributed by atoms with Crippen molar-refractivity contribution in [3.63, 3.8) is 0 Å². The second-order valence-electron chi connectivity index (χ2n) is 6.99. The van der Waals surface area contributed by atoms with Crippen LogP contribution in [-0.4, -0.2) is 24.9 Å². The lowest BCUT2D eigenvalue weighted by Crippen LogP contribution is -2.06. The molecular formula is C21H18FN5OS. The van der Waals surface area contributed by atoms with E-state index in [0.717, 1.165) is 23.1 Å². The molecule has 0 amide bonds. The van der Waals surface area contributed by atoms with Gasteiger partial charge in [0.2, 0.25) is 11.7 Å². The summed E-state index contributed by atoms with van der Waals surface area (Å²) in [5.74, 6) is 2.70. The van der Waals surface area contributed by atoms with E-state index in [2.05, 4.69) is 37.0 Å². The Morgan fingerprint density at radius 1 is 1.03 bits per heavy atom. The lowest BCUT2D eigenvalue weighted by Gasteiger charge is -2.09. The Morgan fingerprint density at radius 3 is 2.59 bits per heavy atom. The van der Waals surface area contributed by atoms with E-state index in [4.69, 9.17) is 4.52 Å². The molecule has 0 saturated heterocycles. The van der Waals surface area contributed by atoms with Crippen LogP contribution in [0.25, 0.3) is 11.4 Å². The minimum Gasteiger partial charge on any atom is -0.338 e. The topological polar surface area (TPSA) is 69.6 Å². The molecule has 1 fully saturated rings. The quantitative estimate of drug-likeness (QED) is 0.414. The molecule has 0 spiro atoms. The lowest BCUT2D eigenvalue weighted by molar-refractivity contribution is 0.391. The van der Waals surface area contributed by atoms with Gasteiger partial charge in [0, 0.05) is 11.5 Å². The summed E-state index contributed by atoms with van der Waals surface area (Å²) in [7, 11) is 0. The first-order valence-corrected chi connectivity index (χ1v) is 10.4. The number of benzene rings is 2. The van der Waals surface area contributed by atoms with Crippen LogP contribution in [-0.2, 0) is 12.3 Å². The van der Waals surface area contributed by atoms with Gasteiger partial charge in [0.05, 0.1) is 12.3 Å². The molecule has 2 heterocycles. The van der Waals surface area contributed by atoms with Gasteiger partial charge in [0.25, 0.3) is 0 Å². The third kappa shape index (κ3) is 4.07. The monoisotopic (exact) mass is 407 g/mol. The Bertz CT molecular complexity index is 1110. The van der Waals surface area contributed by atoms with Gasteiger partial charge in [0.1, 0.15) is 11.6 Å². The zero-order chi connectivity index (χ0) is 19.6. The Morgan fingerprint density at radius 2 is 1.83 bits per heavy atom. The van der Waals surface area contributed by atoms with E-state index in [-0.39, 0.29) is 5.82 Å². The van der Waals surface area contributed by atoms with Gasteiger partial charge in [-0.15, -0.1) is 10.2 Å². The highest BCUT2D eigenvalue weighted by atomic mass is 32.2. The maximum Gasteiger partial charge on any atom is 0.237 e. The molecule has 0 bridgehead atoms. The lowest BCUT2D eigenvalue weighted by atomic mass is 10.2. The molecule has 6 nitrogen and oxygen atoms in total. The molecule has 0 unspecified atom stereocenters. The summed E-state index contributed by atoms with van der Waals surface area (Å²) in [4.78, 5) is 4.41. The number of hydrogen-bond acceptors (Lipinski definition) is 6. The number of thioether (sulfide) groups is 1. The fourth-order valence-corrected chi connectivity index (χ4v) is 3.90. The standard InChI is InChI=1S/C21H18FN5OS/c22-17-10-8-15(9-11-17)19-23-18(28-26-19)13-29-21-25-24-20(16-6-7-16)27(21)12-14-4-2-1-3-5-14/h1-5,8-11,16H,6-7,12-13H2. The van der Waals surface area contributed by atoms with Crippen molar-refractivity contribution in [2.24, 2.45) is 0 Å². The minimum atomic E-state index is -0.294. The van der Waals surface area contributed by atoms with Gasteiger partial charge in [-0.1, -0.05) is 47.3 Å². The number of nitrogens with zero attached hydrogens (tertiary/aromatic N) is 5. The van der Waals surface area contributed by atoms with Crippen LogP contribution in [0.4, 0.5) is 4.39 Å². The van der Waals surface area contributed by atoms with Crippen LogP contribution >= 0.6 is 11.8 Å². The fraction of sp³-hybridized carbons (Fsp3) is 0.238. The molecule has 8 heteroatoms. The molecule has 1 saturated carbocycles. The Labute approximate surface area is 171 Å². The highest BCUT2D eigenvalue weighted by molar-refractivity contribution is 7.98. The van der Waals surface area contributed by atoms with E-state index in [1.165, 1.54) is 42.3 Å². The van der Waals surface area contributed by atoms with Crippen molar-refractivity contribution in [2.45, 2.75) is 36.2 Å². The van der Waals surface area contributed by atoms with Crippen LogP contribution in [0.15, 0.2) is 64.3 Å². The normalized spacial score (nSPS) is 13.7. The maximum absolute atomic E-state index is 13.1. The van der Waals surface area contributed by atoms with Gasteiger partial charge in [0.15, 0.2) is 5.16 Å². The summed E-state index contributed by atoms with van der Waals surface area (Å²) in [5, 5.41) is 13.7. The molecule has 0 radical (unpaired) electrons. The van der Waals surface area contributed by atoms with Gasteiger partial charge < -0.3 is 9.09 Å². The van der Waals surface area contributed by atoms with E-state index in [0.29, 0.717) is 23.4 Å². The van der Waals surface area contributed by atoms with Gasteiger partial charge in [-0.25, -0.2) is 4.39 Å². The van der Waals surface area contributed by atoms with E-state index in [1.54, 1.807) is 12.1 Å². The third-order valence-corrected chi connectivity index (χ3v) is 5.72. The Kier molecular flexibility index (Phi) is 4.85. The van der Waals surface area contributed by atoms with Crippen molar-refractivity contribution in [2.75, 3.05) is 0 Å². The smallest absolute Gasteiger partial charge is 0.237 e. The van der Waals surface area contributed by atoms with Crippen LogP contribution in [0.2, 0.25) is 0 Å². The number of rotatable bonds is 7.